The van der Waals surface area contributed by atoms with Gasteiger partial charge in [-0.05, 0) is 12.6 Å². The van der Waals surface area contributed by atoms with E-state index < -0.39 is 0 Å². The molecule has 0 spiro atoms. The van der Waals surface area contributed by atoms with Crippen molar-refractivity contribution in [1.82, 2.24) is 9.80 Å². The van der Waals surface area contributed by atoms with E-state index in [0.717, 1.165) is 26.2 Å². The molecular weight excluding hydrogens is 226 g/mol. The van der Waals surface area contributed by atoms with Gasteiger partial charge in [0.05, 0.1) is 0 Å². The molecule has 2 rings (SSSR count). The van der Waals surface area contributed by atoms with E-state index in [1.807, 2.05) is 6.07 Å². The first-order chi connectivity index (χ1) is 8.66. The quantitative estimate of drug-likeness (QED) is 0.858. The number of nitrogens with zero attached hydrogens (tertiary/aromatic N) is 2. The standard InChI is InChI=1S/C14H21N3O/c1-16-9-10-17(8-7-14(15)18)11-13(16)12-5-3-2-4-6-12/h2-6,13H,7-11H2,1H3,(H2,15,18). The minimum atomic E-state index is -0.217. The Bertz CT molecular complexity index is 393. The maximum Gasteiger partial charge on any atom is 0.218 e. The lowest BCUT2D eigenvalue weighted by Gasteiger charge is -2.39. The Labute approximate surface area is 108 Å². The van der Waals surface area contributed by atoms with Gasteiger partial charge >= 0.3 is 0 Å². The Morgan fingerprint density at radius 3 is 2.72 bits per heavy atom. The molecule has 1 amide bonds. The normalized spacial score (nSPS) is 21.9. The maximum atomic E-state index is 10.8. The highest BCUT2D eigenvalue weighted by Crippen LogP contribution is 2.23. The van der Waals surface area contributed by atoms with E-state index in [4.69, 9.17) is 5.73 Å². The molecule has 1 aliphatic heterocycles. The summed E-state index contributed by atoms with van der Waals surface area (Å²) in [6, 6.07) is 10.9. The van der Waals surface area contributed by atoms with Crippen LogP contribution in [0, 0.1) is 0 Å². The molecule has 4 heteroatoms. The summed E-state index contributed by atoms with van der Waals surface area (Å²) in [6.45, 7) is 3.77. The summed E-state index contributed by atoms with van der Waals surface area (Å²) >= 11 is 0. The molecular formula is C14H21N3O. The number of carbonyl (C=O) groups is 1. The topological polar surface area (TPSA) is 49.6 Å². The van der Waals surface area contributed by atoms with Crippen molar-refractivity contribution in [1.29, 1.82) is 0 Å². The van der Waals surface area contributed by atoms with Gasteiger partial charge in [0.25, 0.3) is 0 Å². The van der Waals surface area contributed by atoms with Crippen LogP contribution in [0.1, 0.15) is 18.0 Å². The average Bonchev–Trinajstić information content (AvgIpc) is 2.38. The number of primary amides is 1. The van der Waals surface area contributed by atoms with Crippen LogP contribution in [0.15, 0.2) is 30.3 Å². The zero-order valence-electron chi connectivity index (χ0n) is 10.9. The first kappa shape index (κ1) is 13.1. The predicted molar refractivity (Wildman–Crippen MR) is 72.1 cm³/mol. The number of piperazine rings is 1. The van der Waals surface area contributed by atoms with Gasteiger partial charge in [0.15, 0.2) is 0 Å². The number of hydrogen-bond acceptors (Lipinski definition) is 3. The fourth-order valence-electron chi connectivity index (χ4n) is 2.44. The van der Waals surface area contributed by atoms with E-state index in [2.05, 4.69) is 41.1 Å². The molecule has 1 aromatic carbocycles. The minimum Gasteiger partial charge on any atom is -0.370 e. The molecule has 0 saturated carbocycles. The average molecular weight is 247 g/mol. The molecule has 1 saturated heterocycles. The molecule has 0 radical (unpaired) electrons. The van der Waals surface area contributed by atoms with Crippen LogP contribution in [-0.4, -0.2) is 48.9 Å². The molecule has 1 heterocycles. The molecule has 0 bridgehead atoms. The molecule has 1 fully saturated rings. The first-order valence-electron chi connectivity index (χ1n) is 6.42. The Hall–Kier alpha value is -1.39. The summed E-state index contributed by atoms with van der Waals surface area (Å²) < 4.78 is 0. The summed E-state index contributed by atoms with van der Waals surface area (Å²) in [6.07, 6.45) is 0.450. The van der Waals surface area contributed by atoms with E-state index >= 15 is 0 Å². The summed E-state index contributed by atoms with van der Waals surface area (Å²) in [5.41, 5.74) is 6.54. The van der Waals surface area contributed by atoms with Crippen LogP contribution in [0.3, 0.4) is 0 Å². The third kappa shape index (κ3) is 3.31. The molecule has 1 atom stereocenters. The van der Waals surface area contributed by atoms with Crippen molar-refractivity contribution >= 4 is 5.91 Å². The van der Waals surface area contributed by atoms with Gasteiger partial charge in [-0.1, -0.05) is 30.3 Å². The van der Waals surface area contributed by atoms with Crippen molar-refractivity contribution in [2.24, 2.45) is 5.73 Å². The molecule has 2 N–H and O–H groups in total. The van der Waals surface area contributed by atoms with Crippen LogP contribution in [0.4, 0.5) is 0 Å². The van der Waals surface area contributed by atoms with Crippen LogP contribution < -0.4 is 5.73 Å². The zero-order valence-corrected chi connectivity index (χ0v) is 10.9. The van der Waals surface area contributed by atoms with Crippen LogP contribution in [0.5, 0.6) is 0 Å². The summed E-state index contributed by atoms with van der Waals surface area (Å²) in [5, 5.41) is 0. The van der Waals surface area contributed by atoms with Gasteiger partial charge in [-0.25, -0.2) is 0 Å². The number of carbonyl (C=O) groups excluding carboxylic acids is 1. The van der Waals surface area contributed by atoms with Gasteiger partial charge in [-0.2, -0.15) is 0 Å². The van der Waals surface area contributed by atoms with E-state index in [-0.39, 0.29) is 5.91 Å². The van der Waals surface area contributed by atoms with Gasteiger partial charge in [0.2, 0.25) is 5.91 Å². The van der Waals surface area contributed by atoms with Crippen LogP contribution in [-0.2, 0) is 4.79 Å². The van der Waals surface area contributed by atoms with Crippen molar-refractivity contribution in [3.63, 3.8) is 0 Å². The van der Waals surface area contributed by atoms with E-state index in [1.54, 1.807) is 0 Å². The van der Waals surface area contributed by atoms with Crippen LogP contribution in [0.25, 0.3) is 0 Å². The predicted octanol–water partition coefficient (Wildman–Crippen LogP) is 0.851. The molecule has 1 aliphatic rings. The smallest absolute Gasteiger partial charge is 0.218 e. The lowest BCUT2D eigenvalue weighted by Crippen LogP contribution is -2.47. The van der Waals surface area contributed by atoms with Gasteiger partial charge in [0.1, 0.15) is 0 Å². The molecule has 0 aliphatic carbocycles. The van der Waals surface area contributed by atoms with Crippen LogP contribution >= 0.6 is 0 Å². The van der Waals surface area contributed by atoms with Gasteiger partial charge in [0, 0.05) is 38.6 Å². The van der Waals surface area contributed by atoms with Crippen LogP contribution in [0.2, 0.25) is 0 Å². The summed E-state index contributed by atoms with van der Waals surface area (Å²) in [4.78, 5) is 15.5. The van der Waals surface area contributed by atoms with Crippen molar-refractivity contribution in [3.8, 4) is 0 Å². The second kappa shape index (κ2) is 5.98. The first-order valence-corrected chi connectivity index (χ1v) is 6.42. The van der Waals surface area contributed by atoms with Gasteiger partial charge < -0.3 is 5.73 Å². The van der Waals surface area contributed by atoms with E-state index in [0.29, 0.717) is 12.5 Å². The molecule has 1 aromatic rings. The minimum absolute atomic E-state index is 0.217. The lowest BCUT2D eigenvalue weighted by molar-refractivity contribution is -0.118. The highest BCUT2D eigenvalue weighted by molar-refractivity contribution is 5.73. The van der Waals surface area contributed by atoms with Crippen molar-refractivity contribution in [2.75, 3.05) is 33.2 Å². The third-order valence-corrected chi connectivity index (χ3v) is 3.59. The number of nitrogens with two attached hydrogens (primary N) is 1. The summed E-state index contributed by atoms with van der Waals surface area (Å²) in [7, 11) is 2.16. The lowest BCUT2D eigenvalue weighted by atomic mass is 10.0. The second-order valence-corrected chi connectivity index (χ2v) is 4.92. The summed E-state index contributed by atoms with van der Waals surface area (Å²) in [5.74, 6) is -0.217. The van der Waals surface area contributed by atoms with Crippen molar-refractivity contribution in [2.45, 2.75) is 12.5 Å². The SMILES string of the molecule is CN1CCN(CCC(N)=O)CC1c1ccccc1. The number of benzene rings is 1. The molecule has 98 valence electrons. The molecule has 1 unspecified atom stereocenters. The van der Waals surface area contributed by atoms with Crippen molar-refractivity contribution < 1.29 is 4.79 Å². The Balaban J connectivity index is 1.99. The highest BCUT2D eigenvalue weighted by Gasteiger charge is 2.25. The fraction of sp³-hybridized carbons (Fsp3) is 0.500. The van der Waals surface area contributed by atoms with Gasteiger partial charge in [-0.15, -0.1) is 0 Å². The number of hydrogen-bond donors (Lipinski definition) is 1. The van der Waals surface area contributed by atoms with Gasteiger partial charge in [-0.3, -0.25) is 14.6 Å². The number of amides is 1. The largest absolute Gasteiger partial charge is 0.370 e. The molecule has 4 nitrogen and oxygen atoms in total. The Morgan fingerprint density at radius 1 is 1.33 bits per heavy atom. The third-order valence-electron chi connectivity index (χ3n) is 3.59. The maximum absolute atomic E-state index is 10.8. The van der Waals surface area contributed by atoms with Crippen molar-refractivity contribution in [3.05, 3.63) is 35.9 Å². The fourth-order valence-corrected chi connectivity index (χ4v) is 2.44. The Kier molecular flexibility index (Phi) is 4.33. The monoisotopic (exact) mass is 247 g/mol. The highest BCUT2D eigenvalue weighted by atomic mass is 16.1. The molecule has 0 aromatic heterocycles. The number of likely N-dealkylation sites (N-methyl/N-ethyl adjacent to an activating group) is 1. The molecule has 18 heavy (non-hydrogen) atoms. The Morgan fingerprint density at radius 2 is 2.06 bits per heavy atom. The second-order valence-electron chi connectivity index (χ2n) is 4.92. The number of rotatable bonds is 4. The van der Waals surface area contributed by atoms with E-state index in [9.17, 15) is 4.79 Å². The van der Waals surface area contributed by atoms with E-state index in [1.165, 1.54) is 5.56 Å². The zero-order chi connectivity index (χ0) is 13.0.